The largest absolute Gasteiger partial charge is 0.497 e. The van der Waals surface area contributed by atoms with E-state index in [9.17, 15) is 4.79 Å². The highest BCUT2D eigenvalue weighted by Gasteiger charge is 2.12. The van der Waals surface area contributed by atoms with E-state index in [4.69, 9.17) is 13.9 Å². The Morgan fingerprint density at radius 1 is 1.23 bits per heavy atom. The molecule has 0 saturated heterocycles. The number of carbonyl (C=O) groups is 1. The molecule has 1 amide bonds. The lowest BCUT2D eigenvalue weighted by molar-refractivity contribution is 0.0953. The van der Waals surface area contributed by atoms with Crippen molar-refractivity contribution in [3.8, 4) is 11.5 Å². The third kappa shape index (κ3) is 3.46. The molecule has 2 rings (SSSR count). The molecule has 0 atom stereocenters. The Kier molecular flexibility index (Phi) is 4.83. The SMILES string of the molecule is COc1ccc(OC)c(/C=N/NC(=O)c2cc(C)oc2C)c1. The lowest BCUT2D eigenvalue weighted by Crippen LogP contribution is -2.17. The molecule has 2 aromatic rings. The highest BCUT2D eigenvalue weighted by Crippen LogP contribution is 2.22. The molecular formula is C16H18N2O4. The fourth-order valence-electron chi connectivity index (χ4n) is 2.02. The first-order valence-electron chi connectivity index (χ1n) is 6.67. The molecule has 0 aliphatic heterocycles. The topological polar surface area (TPSA) is 73.1 Å². The van der Waals surface area contributed by atoms with Crippen LogP contribution in [0, 0.1) is 13.8 Å². The highest BCUT2D eigenvalue weighted by molar-refractivity contribution is 5.96. The number of rotatable bonds is 5. The summed E-state index contributed by atoms with van der Waals surface area (Å²) in [7, 11) is 3.14. The number of hydrogen-bond acceptors (Lipinski definition) is 5. The van der Waals surface area contributed by atoms with Gasteiger partial charge < -0.3 is 13.9 Å². The second-order valence-corrected chi connectivity index (χ2v) is 4.63. The Morgan fingerprint density at radius 2 is 2.00 bits per heavy atom. The van der Waals surface area contributed by atoms with E-state index in [1.54, 1.807) is 52.3 Å². The summed E-state index contributed by atoms with van der Waals surface area (Å²) in [6.07, 6.45) is 1.50. The fourth-order valence-corrected chi connectivity index (χ4v) is 2.02. The number of carbonyl (C=O) groups excluding carboxylic acids is 1. The maximum Gasteiger partial charge on any atom is 0.274 e. The monoisotopic (exact) mass is 302 g/mol. The van der Waals surface area contributed by atoms with Crippen LogP contribution in [-0.2, 0) is 0 Å². The summed E-state index contributed by atoms with van der Waals surface area (Å²) in [5.74, 6) is 2.22. The molecule has 1 N–H and O–H groups in total. The van der Waals surface area contributed by atoms with Crippen LogP contribution in [0.1, 0.15) is 27.4 Å². The molecule has 1 heterocycles. The minimum atomic E-state index is -0.326. The van der Waals surface area contributed by atoms with E-state index in [-0.39, 0.29) is 5.91 Å². The smallest absolute Gasteiger partial charge is 0.274 e. The Bertz CT molecular complexity index is 704. The predicted molar refractivity (Wildman–Crippen MR) is 82.8 cm³/mol. The van der Waals surface area contributed by atoms with Crippen molar-refractivity contribution in [2.24, 2.45) is 5.10 Å². The number of amides is 1. The first-order valence-corrected chi connectivity index (χ1v) is 6.67. The van der Waals surface area contributed by atoms with Crippen molar-refractivity contribution in [1.82, 2.24) is 5.43 Å². The van der Waals surface area contributed by atoms with E-state index in [0.717, 1.165) is 0 Å². The number of hydrogen-bond donors (Lipinski definition) is 1. The average Bonchev–Trinajstić information content (AvgIpc) is 2.85. The van der Waals surface area contributed by atoms with Gasteiger partial charge in [0.05, 0.1) is 26.0 Å². The van der Waals surface area contributed by atoms with Gasteiger partial charge in [0.15, 0.2) is 0 Å². The van der Waals surface area contributed by atoms with Gasteiger partial charge in [0.2, 0.25) is 0 Å². The van der Waals surface area contributed by atoms with Gasteiger partial charge in [-0.2, -0.15) is 5.10 Å². The molecule has 1 aromatic carbocycles. The van der Waals surface area contributed by atoms with Crippen LogP contribution >= 0.6 is 0 Å². The van der Waals surface area contributed by atoms with Crippen molar-refractivity contribution in [1.29, 1.82) is 0 Å². The number of methoxy groups -OCH3 is 2. The second kappa shape index (κ2) is 6.80. The van der Waals surface area contributed by atoms with Crippen molar-refractivity contribution in [2.75, 3.05) is 14.2 Å². The Morgan fingerprint density at radius 3 is 2.59 bits per heavy atom. The zero-order valence-corrected chi connectivity index (χ0v) is 13.0. The fraction of sp³-hybridized carbons (Fsp3) is 0.250. The maximum absolute atomic E-state index is 12.0. The molecule has 116 valence electrons. The minimum Gasteiger partial charge on any atom is -0.497 e. The van der Waals surface area contributed by atoms with E-state index < -0.39 is 0 Å². The molecule has 6 heteroatoms. The van der Waals surface area contributed by atoms with Gasteiger partial charge in [-0.3, -0.25) is 4.79 Å². The number of nitrogens with one attached hydrogen (secondary N) is 1. The zero-order chi connectivity index (χ0) is 16.1. The molecule has 0 aliphatic rings. The molecule has 0 unspecified atom stereocenters. The minimum absolute atomic E-state index is 0.326. The van der Waals surface area contributed by atoms with Crippen LogP contribution in [0.2, 0.25) is 0 Å². The first-order chi connectivity index (χ1) is 10.5. The number of nitrogens with zero attached hydrogens (tertiary/aromatic N) is 1. The number of ether oxygens (including phenoxy) is 2. The summed E-state index contributed by atoms with van der Waals surface area (Å²) < 4.78 is 15.7. The molecule has 22 heavy (non-hydrogen) atoms. The number of furan rings is 1. The molecule has 0 saturated carbocycles. The lowest BCUT2D eigenvalue weighted by Gasteiger charge is -2.06. The van der Waals surface area contributed by atoms with E-state index >= 15 is 0 Å². The summed E-state index contributed by atoms with van der Waals surface area (Å²) in [6, 6.07) is 6.99. The normalized spacial score (nSPS) is 10.7. The van der Waals surface area contributed by atoms with Crippen LogP contribution in [0.15, 0.2) is 33.8 Å². The third-order valence-corrected chi connectivity index (χ3v) is 3.09. The molecular weight excluding hydrogens is 284 g/mol. The van der Waals surface area contributed by atoms with E-state index in [0.29, 0.717) is 34.1 Å². The lowest BCUT2D eigenvalue weighted by atomic mass is 10.2. The number of hydrazone groups is 1. The summed E-state index contributed by atoms with van der Waals surface area (Å²) >= 11 is 0. The third-order valence-electron chi connectivity index (χ3n) is 3.09. The molecule has 1 aromatic heterocycles. The van der Waals surface area contributed by atoms with Gasteiger partial charge in [-0.05, 0) is 38.1 Å². The Labute approximate surface area is 128 Å². The van der Waals surface area contributed by atoms with Crippen molar-refractivity contribution >= 4 is 12.1 Å². The molecule has 6 nitrogen and oxygen atoms in total. The van der Waals surface area contributed by atoms with E-state index in [2.05, 4.69) is 10.5 Å². The maximum atomic E-state index is 12.0. The van der Waals surface area contributed by atoms with Crippen LogP contribution in [0.5, 0.6) is 11.5 Å². The van der Waals surface area contributed by atoms with Gasteiger partial charge in [0.25, 0.3) is 5.91 Å². The standard InChI is InChI=1S/C16H18N2O4/c1-10-7-14(11(2)22-10)16(19)18-17-9-12-8-13(20-3)5-6-15(12)21-4/h5-9H,1-4H3,(H,18,19)/b17-9+. The number of benzene rings is 1. The van der Waals surface area contributed by atoms with Crippen LogP contribution in [0.25, 0.3) is 0 Å². The quantitative estimate of drug-likeness (QED) is 0.681. The van der Waals surface area contributed by atoms with Crippen molar-refractivity contribution < 1.29 is 18.7 Å². The molecule has 0 fully saturated rings. The van der Waals surface area contributed by atoms with Gasteiger partial charge in [0.1, 0.15) is 23.0 Å². The van der Waals surface area contributed by atoms with Crippen LogP contribution in [-0.4, -0.2) is 26.3 Å². The van der Waals surface area contributed by atoms with Crippen molar-refractivity contribution in [3.05, 3.63) is 46.9 Å². The van der Waals surface area contributed by atoms with Crippen LogP contribution in [0.4, 0.5) is 0 Å². The van der Waals surface area contributed by atoms with Crippen LogP contribution in [0.3, 0.4) is 0 Å². The molecule has 0 bridgehead atoms. The average molecular weight is 302 g/mol. The summed E-state index contributed by atoms with van der Waals surface area (Å²) in [6.45, 7) is 3.52. The first kappa shape index (κ1) is 15.6. The van der Waals surface area contributed by atoms with Gasteiger partial charge in [-0.1, -0.05) is 0 Å². The van der Waals surface area contributed by atoms with Crippen molar-refractivity contribution in [3.63, 3.8) is 0 Å². The zero-order valence-electron chi connectivity index (χ0n) is 13.0. The van der Waals surface area contributed by atoms with Crippen LogP contribution < -0.4 is 14.9 Å². The number of aryl methyl sites for hydroxylation is 2. The van der Waals surface area contributed by atoms with Gasteiger partial charge in [-0.25, -0.2) is 5.43 Å². The summed E-state index contributed by atoms with van der Waals surface area (Å²) in [4.78, 5) is 12.0. The second-order valence-electron chi connectivity index (χ2n) is 4.63. The summed E-state index contributed by atoms with van der Waals surface area (Å²) in [5.41, 5.74) is 3.63. The highest BCUT2D eigenvalue weighted by atomic mass is 16.5. The molecule has 0 aliphatic carbocycles. The van der Waals surface area contributed by atoms with Gasteiger partial charge in [0, 0.05) is 5.56 Å². The molecule has 0 spiro atoms. The summed E-state index contributed by atoms with van der Waals surface area (Å²) in [5, 5.41) is 3.95. The van der Waals surface area contributed by atoms with Crippen molar-refractivity contribution in [2.45, 2.75) is 13.8 Å². The Hall–Kier alpha value is -2.76. The Balaban J connectivity index is 2.12. The predicted octanol–water partition coefficient (Wildman–Crippen LogP) is 2.68. The van der Waals surface area contributed by atoms with E-state index in [1.807, 2.05) is 0 Å². The van der Waals surface area contributed by atoms with Gasteiger partial charge >= 0.3 is 0 Å². The van der Waals surface area contributed by atoms with E-state index in [1.165, 1.54) is 6.21 Å². The van der Waals surface area contributed by atoms with Gasteiger partial charge in [-0.15, -0.1) is 0 Å². The molecule has 0 radical (unpaired) electrons.